The molecule has 0 aliphatic heterocycles. The van der Waals surface area contributed by atoms with E-state index in [9.17, 15) is 0 Å². The topological polar surface area (TPSA) is 77.3 Å². The lowest BCUT2D eigenvalue weighted by atomic mass is 10.2. The van der Waals surface area contributed by atoms with E-state index < -0.39 is 0 Å². The summed E-state index contributed by atoms with van der Waals surface area (Å²) in [5.41, 5.74) is 2.93. The van der Waals surface area contributed by atoms with Gasteiger partial charge in [0.1, 0.15) is 25.1 Å². The van der Waals surface area contributed by atoms with Crippen LogP contribution in [0.1, 0.15) is 15.7 Å². The maximum atomic E-state index is 5.98. The highest BCUT2D eigenvalue weighted by molar-refractivity contribution is 7.99. The van der Waals surface area contributed by atoms with Gasteiger partial charge >= 0.3 is 0 Å². The fraction of sp³-hybridized carbons (Fsp3) is 0.130. The van der Waals surface area contributed by atoms with Gasteiger partial charge in [-0.2, -0.15) is 0 Å². The Morgan fingerprint density at radius 3 is 1.74 bits per heavy atom. The predicted octanol–water partition coefficient (Wildman–Crippen LogP) is 7.71. The van der Waals surface area contributed by atoms with Crippen LogP contribution in [0.4, 0.5) is 0 Å². The molecule has 0 radical (unpaired) electrons. The first-order valence-corrected chi connectivity index (χ1v) is 14.7. The molecule has 0 spiro atoms. The number of hydrogen-bond donors (Lipinski definition) is 0. The number of aryl methyl sites for hydroxylation is 1. The van der Waals surface area contributed by atoms with Crippen LogP contribution in [0.25, 0.3) is 21.1 Å². The summed E-state index contributed by atoms with van der Waals surface area (Å²) in [6, 6.07) is 17.2. The van der Waals surface area contributed by atoms with Crippen LogP contribution < -0.4 is 0 Å². The lowest BCUT2D eigenvalue weighted by Gasteiger charge is -2.04. The van der Waals surface area contributed by atoms with Crippen molar-refractivity contribution in [1.29, 1.82) is 0 Å². The summed E-state index contributed by atoms with van der Waals surface area (Å²) in [4.78, 5) is 9.29. The number of benzene rings is 2. The van der Waals surface area contributed by atoms with Crippen molar-refractivity contribution in [2.75, 3.05) is 0 Å². The molecule has 12 heteroatoms. The highest BCUT2D eigenvalue weighted by Crippen LogP contribution is 2.31. The summed E-state index contributed by atoms with van der Waals surface area (Å²) in [6.45, 7) is 1.98. The number of aromatic nitrogens is 6. The molecule has 5 rings (SSSR count). The Kier molecular flexibility index (Phi) is 7.96. The van der Waals surface area contributed by atoms with Gasteiger partial charge in [0.25, 0.3) is 0 Å². The van der Waals surface area contributed by atoms with E-state index in [1.807, 2.05) is 61.5 Å². The molecule has 2 aromatic carbocycles. The molecule has 176 valence electrons. The SMILES string of the molecule is Cc1cc(SCc2nnc(-c3ccc(Cl)cc3)s2)nc(SCc2nnc(-c3ccc(Cl)cc3)s2)n1. The van der Waals surface area contributed by atoms with E-state index in [-0.39, 0.29) is 0 Å². The largest absolute Gasteiger partial charge is 0.228 e. The minimum Gasteiger partial charge on any atom is -0.228 e. The van der Waals surface area contributed by atoms with Crippen LogP contribution in [-0.4, -0.2) is 30.4 Å². The molecule has 0 aliphatic rings. The van der Waals surface area contributed by atoms with Crippen molar-refractivity contribution in [1.82, 2.24) is 30.4 Å². The summed E-state index contributed by atoms with van der Waals surface area (Å²) in [5, 5.41) is 23.9. The van der Waals surface area contributed by atoms with E-state index in [4.69, 9.17) is 28.2 Å². The normalized spacial score (nSPS) is 11.2. The van der Waals surface area contributed by atoms with Crippen molar-refractivity contribution in [3.05, 3.63) is 80.4 Å². The van der Waals surface area contributed by atoms with Gasteiger partial charge in [-0.25, -0.2) is 9.97 Å². The van der Waals surface area contributed by atoms with E-state index >= 15 is 0 Å². The van der Waals surface area contributed by atoms with Crippen LogP contribution in [0.5, 0.6) is 0 Å². The molecule has 0 amide bonds. The average Bonchev–Trinajstić information content (AvgIpc) is 3.52. The molecular weight excluding hydrogens is 559 g/mol. The van der Waals surface area contributed by atoms with Crippen LogP contribution in [0.15, 0.2) is 64.8 Å². The third kappa shape index (κ3) is 6.58. The second-order valence-corrected chi connectivity index (χ2v) is 12.2. The summed E-state index contributed by atoms with van der Waals surface area (Å²) < 4.78 is 0. The molecule has 0 saturated carbocycles. The second-order valence-electron chi connectivity index (χ2n) is 7.22. The van der Waals surface area contributed by atoms with Gasteiger partial charge in [-0.1, -0.05) is 93.7 Å². The van der Waals surface area contributed by atoms with Crippen LogP contribution in [0.3, 0.4) is 0 Å². The van der Waals surface area contributed by atoms with Crippen molar-refractivity contribution in [3.8, 4) is 21.1 Å². The Bertz CT molecular complexity index is 1330. The van der Waals surface area contributed by atoms with Gasteiger partial charge in [0.15, 0.2) is 5.16 Å². The van der Waals surface area contributed by atoms with Gasteiger partial charge < -0.3 is 0 Å². The first-order valence-electron chi connectivity index (χ1n) is 10.3. The van der Waals surface area contributed by atoms with Crippen molar-refractivity contribution in [3.63, 3.8) is 0 Å². The number of thioether (sulfide) groups is 2. The highest BCUT2D eigenvalue weighted by Gasteiger charge is 2.11. The summed E-state index contributed by atoms with van der Waals surface area (Å²) >= 11 is 18.3. The molecule has 3 heterocycles. The van der Waals surface area contributed by atoms with Gasteiger partial charge in [0.2, 0.25) is 0 Å². The van der Waals surface area contributed by atoms with Crippen molar-refractivity contribution in [2.24, 2.45) is 0 Å². The number of halogens is 2. The molecule has 35 heavy (non-hydrogen) atoms. The Balaban J connectivity index is 1.20. The zero-order chi connectivity index (χ0) is 24.2. The molecule has 3 aromatic heterocycles. The molecule has 5 aromatic rings. The van der Waals surface area contributed by atoms with E-state index in [2.05, 4.69) is 25.4 Å². The van der Waals surface area contributed by atoms with Crippen LogP contribution >= 0.6 is 69.4 Å². The summed E-state index contributed by atoms with van der Waals surface area (Å²) in [5.74, 6) is 1.34. The Morgan fingerprint density at radius 1 is 0.686 bits per heavy atom. The molecule has 0 bridgehead atoms. The monoisotopic (exact) mass is 574 g/mol. The van der Waals surface area contributed by atoms with Gasteiger partial charge in [-0.05, 0) is 37.3 Å². The Labute approximate surface area is 228 Å². The minimum atomic E-state index is 0.652. The van der Waals surface area contributed by atoms with E-state index in [1.54, 1.807) is 46.2 Å². The zero-order valence-electron chi connectivity index (χ0n) is 18.2. The fourth-order valence-electron chi connectivity index (χ4n) is 2.96. The smallest absolute Gasteiger partial charge is 0.189 e. The van der Waals surface area contributed by atoms with E-state index in [1.165, 1.54) is 0 Å². The molecular formula is C23H16Cl2N6S4. The maximum absolute atomic E-state index is 5.98. The molecule has 0 fully saturated rings. The molecule has 0 N–H and O–H groups in total. The van der Waals surface area contributed by atoms with Crippen LogP contribution in [0.2, 0.25) is 10.0 Å². The zero-order valence-corrected chi connectivity index (χ0v) is 23.0. The number of rotatable bonds is 8. The molecule has 6 nitrogen and oxygen atoms in total. The first kappa shape index (κ1) is 24.6. The first-order chi connectivity index (χ1) is 17.0. The minimum absolute atomic E-state index is 0.652. The molecule has 0 unspecified atom stereocenters. The second kappa shape index (κ2) is 11.3. The summed E-state index contributed by atoms with van der Waals surface area (Å²) in [7, 11) is 0. The fourth-order valence-corrected chi connectivity index (χ4v) is 6.79. The maximum Gasteiger partial charge on any atom is 0.189 e. The molecule has 0 aliphatic carbocycles. The van der Waals surface area contributed by atoms with Crippen molar-refractivity contribution < 1.29 is 0 Å². The number of nitrogens with zero attached hydrogens (tertiary/aromatic N) is 6. The van der Waals surface area contributed by atoms with E-state index in [0.717, 1.165) is 47.0 Å². The molecule has 0 atom stereocenters. The van der Waals surface area contributed by atoms with E-state index in [0.29, 0.717) is 21.6 Å². The van der Waals surface area contributed by atoms with Gasteiger partial charge in [-0.15, -0.1) is 20.4 Å². The average molecular weight is 576 g/mol. The van der Waals surface area contributed by atoms with Gasteiger partial charge in [0, 0.05) is 26.9 Å². The predicted molar refractivity (Wildman–Crippen MR) is 147 cm³/mol. The standard InChI is InChI=1S/C23H16Cl2N6S4/c1-13-10-18(32-11-19-28-30-21(34-19)14-2-6-16(24)7-3-14)27-23(26-13)33-12-20-29-31-22(35-20)15-4-8-17(25)9-5-15/h2-10H,11-12H2,1H3. The Morgan fingerprint density at radius 2 is 1.20 bits per heavy atom. The van der Waals surface area contributed by atoms with Crippen LogP contribution in [0, 0.1) is 6.92 Å². The van der Waals surface area contributed by atoms with Crippen molar-refractivity contribution >= 4 is 69.4 Å². The lowest BCUT2D eigenvalue weighted by molar-refractivity contribution is 0.863. The summed E-state index contributed by atoms with van der Waals surface area (Å²) in [6.07, 6.45) is 0. The quantitative estimate of drug-likeness (QED) is 0.106. The van der Waals surface area contributed by atoms with Gasteiger partial charge in [-0.3, -0.25) is 0 Å². The molecule has 0 saturated heterocycles. The van der Waals surface area contributed by atoms with Crippen molar-refractivity contribution in [2.45, 2.75) is 28.6 Å². The lowest BCUT2D eigenvalue weighted by Crippen LogP contribution is -1.93. The highest BCUT2D eigenvalue weighted by atomic mass is 35.5. The number of hydrogen-bond acceptors (Lipinski definition) is 10. The van der Waals surface area contributed by atoms with Gasteiger partial charge in [0.05, 0.1) is 11.5 Å². The third-order valence-corrected chi connectivity index (χ3v) is 9.19. The Hall–Kier alpha value is -2.08. The third-order valence-electron chi connectivity index (χ3n) is 4.59. The van der Waals surface area contributed by atoms with Crippen LogP contribution in [-0.2, 0) is 11.5 Å².